The molecule has 0 radical (unpaired) electrons. The van der Waals surface area contributed by atoms with Gasteiger partial charge < -0.3 is 0 Å². The van der Waals surface area contributed by atoms with E-state index in [1.165, 1.54) is 77.6 Å². The molecule has 0 saturated heterocycles. The van der Waals surface area contributed by atoms with Gasteiger partial charge in [0.1, 0.15) is 0 Å². The molecule has 0 unspecified atom stereocenters. The molecule has 0 spiro atoms. The largest absolute Gasteiger partial charge is 0.264 e. The summed E-state index contributed by atoms with van der Waals surface area (Å²) < 4.78 is 0. The summed E-state index contributed by atoms with van der Waals surface area (Å²) in [6, 6.07) is 49.8. The quantitative estimate of drug-likeness (QED) is 0.169. The molecule has 3 aliphatic rings. The van der Waals surface area contributed by atoms with Crippen molar-refractivity contribution in [1.82, 2.24) is 9.97 Å². The van der Waals surface area contributed by atoms with Crippen LogP contribution in [-0.2, 0) is 10.8 Å². The van der Waals surface area contributed by atoms with Crippen molar-refractivity contribution >= 4 is 27.2 Å². The molecule has 0 fully saturated rings. The minimum atomic E-state index is -0.0953. The number of pyridine rings is 2. The van der Waals surface area contributed by atoms with E-state index in [1.807, 2.05) is 18.5 Å². The van der Waals surface area contributed by atoms with Crippen molar-refractivity contribution in [3.63, 3.8) is 0 Å². The Balaban J connectivity index is 1.15. The van der Waals surface area contributed by atoms with Gasteiger partial charge in [-0.05, 0) is 126 Å². The minimum absolute atomic E-state index is 0.0578. The van der Waals surface area contributed by atoms with Gasteiger partial charge in [0.2, 0.25) is 0 Å². The fourth-order valence-electron chi connectivity index (χ4n) is 10.1. The number of benzene rings is 6. The normalized spacial score (nSPS) is 15.9. The Morgan fingerprint density at radius 3 is 2.00 bits per heavy atom. The standard InChI is InChI=1S/C54H42N2/c1-53(2)47-17-9-7-14-39(47)41-25-23-35(28-49(41)53)45-31-51(36-24-26-42-40-15-8-10-18-48(40)54(3,4)50(42)29-36)56-52-43-16-6-5-13-38(43)44(30-46(45)52)34-21-19-33(20-22-34)37-12-11-27-55-32-37/h5-6,8-13,15-32H,7,14H2,1-4H3. The van der Waals surface area contributed by atoms with Gasteiger partial charge in [-0.15, -0.1) is 0 Å². The van der Waals surface area contributed by atoms with Gasteiger partial charge >= 0.3 is 0 Å². The van der Waals surface area contributed by atoms with E-state index in [0.29, 0.717) is 0 Å². The Morgan fingerprint density at radius 1 is 0.482 bits per heavy atom. The Labute approximate surface area is 329 Å². The highest BCUT2D eigenvalue weighted by atomic mass is 14.7. The molecule has 8 aromatic rings. The summed E-state index contributed by atoms with van der Waals surface area (Å²) in [5.41, 5.74) is 21.4. The zero-order valence-electron chi connectivity index (χ0n) is 32.3. The summed E-state index contributed by atoms with van der Waals surface area (Å²) in [6.45, 7) is 9.51. The molecule has 0 amide bonds. The van der Waals surface area contributed by atoms with E-state index in [1.54, 1.807) is 0 Å². The molecule has 0 saturated carbocycles. The van der Waals surface area contributed by atoms with Crippen molar-refractivity contribution in [3.8, 4) is 55.8 Å². The highest BCUT2D eigenvalue weighted by Crippen LogP contribution is 2.52. The molecule has 2 heteroatoms. The number of aromatic nitrogens is 2. The van der Waals surface area contributed by atoms with Gasteiger partial charge in [0, 0.05) is 39.6 Å². The maximum absolute atomic E-state index is 5.61. The van der Waals surface area contributed by atoms with Gasteiger partial charge in [0.25, 0.3) is 0 Å². The maximum Gasteiger partial charge on any atom is 0.0794 e. The summed E-state index contributed by atoms with van der Waals surface area (Å²) in [7, 11) is 0. The molecule has 6 aromatic carbocycles. The first-order valence-corrected chi connectivity index (χ1v) is 19.9. The first-order chi connectivity index (χ1) is 27.3. The zero-order chi connectivity index (χ0) is 37.8. The van der Waals surface area contributed by atoms with E-state index in [2.05, 4.69) is 172 Å². The molecule has 2 heterocycles. The summed E-state index contributed by atoms with van der Waals surface area (Å²) in [6.07, 6.45) is 10.7. The number of hydrogen-bond acceptors (Lipinski definition) is 2. The van der Waals surface area contributed by atoms with Gasteiger partial charge in [0.15, 0.2) is 0 Å². The van der Waals surface area contributed by atoms with Crippen molar-refractivity contribution in [2.24, 2.45) is 0 Å². The van der Waals surface area contributed by atoms with E-state index in [0.717, 1.165) is 46.1 Å². The number of nitrogens with zero attached hydrogens (tertiary/aromatic N) is 2. The highest BCUT2D eigenvalue weighted by Gasteiger charge is 2.38. The fraction of sp³-hybridized carbons (Fsp3) is 0.148. The van der Waals surface area contributed by atoms with Crippen LogP contribution in [0.2, 0.25) is 0 Å². The number of allylic oxidation sites excluding steroid dienone is 4. The first-order valence-electron chi connectivity index (χ1n) is 19.9. The third kappa shape index (κ3) is 4.81. The second kappa shape index (κ2) is 12.1. The Bertz CT molecular complexity index is 3000. The monoisotopic (exact) mass is 718 g/mol. The van der Waals surface area contributed by atoms with Crippen LogP contribution in [-0.4, -0.2) is 9.97 Å². The van der Waals surface area contributed by atoms with E-state index in [9.17, 15) is 0 Å². The lowest BCUT2D eigenvalue weighted by Gasteiger charge is -2.24. The van der Waals surface area contributed by atoms with Crippen LogP contribution in [0.15, 0.2) is 164 Å². The molecule has 11 rings (SSSR count). The summed E-state index contributed by atoms with van der Waals surface area (Å²) in [5.74, 6) is 0. The summed E-state index contributed by atoms with van der Waals surface area (Å²) in [4.78, 5) is 9.96. The fourth-order valence-corrected chi connectivity index (χ4v) is 10.1. The van der Waals surface area contributed by atoms with E-state index in [-0.39, 0.29) is 10.8 Å². The van der Waals surface area contributed by atoms with Gasteiger partial charge in [0.05, 0.1) is 11.2 Å². The van der Waals surface area contributed by atoms with Crippen molar-refractivity contribution in [1.29, 1.82) is 0 Å². The van der Waals surface area contributed by atoms with Crippen LogP contribution in [0.4, 0.5) is 0 Å². The SMILES string of the molecule is CC1(C)C2=C(CCC=C2)c2ccc(-c3cc(-c4ccc5c(c4)C(C)(C)c4ccccc4-5)nc4c3cc(-c3ccc(-c5cccnc5)cc3)c3ccccc34)cc21. The Kier molecular flexibility index (Phi) is 7.11. The number of rotatable bonds is 4. The lowest BCUT2D eigenvalue weighted by atomic mass is 9.79. The van der Waals surface area contributed by atoms with Crippen molar-refractivity contribution < 1.29 is 0 Å². The van der Waals surface area contributed by atoms with E-state index < -0.39 is 0 Å². The van der Waals surface area contributed by atoms with Gasteiger partial charge in [-0.1, -0.05) is 143 Å². The van der Waals surface area contributed by atoms with E-state index >= 15 is 0 Å². The van der Waals surface area contributed by atoms with Gasteiger partial charge in [-0.2, -0.15) is 0 Å². The van der Waals surface area contributed by atoms with Crippen LogP contribution in [0, 0.1) is 0 Å². The van der Waals surface area contributed by atoms with Gasteiger partial charge in [-0.3, -0.25) is 4.98 Å². The summed E-state index contributed by atoms with van der Waals surface area (Å²) in [5, 5.41) is 3.53. The lowest BCUT2D eigenvalue weighted by Crippen LogP contribution is -2.16. The smallest absolute Gasteiger partial charge is 0.0794 e. The van der Waals surface area contributed by atoms with Gasteiger partial charge in [-0.25, -0.2) is 4.98 Å². The predicted molar refractivity (Wildman–Crippen MR) is 235 cm³/mol. The zero-order valence-corrected chi connectivity index (χ0v) is 32.3. The minimum Gasteiger partial charge on any atom is -0.264 e. The van der Waals surface area contributed by atoms with Crippen molar-refractivity contribution in [3.05, 3.63) is 186 Å². The second-order valence-corrected chi connectivity index (χ2v) is 16.9. The molecule has 3 aliphatic carbocycles. The topological polar surface area (TPSA) is 25.8 Å². The maximum atomic E-state index is 5.61. The van der Waals surface area contributed by atoms with E-state index in [4.69, 9.17) is 4.98 Å². The highest BCUT2D eigenvalue weighted by molar-refractivity contribution is 6.16. The molecule has 2 nitrogen and oxygen atoms in total. The van der Waals surface area contributed by atoms with Crippen LogP contribution in [0.3, 0.4) is 0 Å². The molecule has 0 aliphatic heterocycles. The Hall–Kier alpha value is -6.38. The second-order valence-electron chi connectivity index (χ2n) is 16.9. The van der Waals surface area contributed by atoms with Crippen LogP contribution in [0.25, 0.3) is 83.0 Å². The average Bonchev–Trinajstić information content (AvgIpc) is 3.62. The Morgan fingerprint density at radius 2 is 1.16 bits per heavy atom. The molecule has 2 aromatic heterocycles. The lowest BCUT2D eigenvalue weighted by molar-refractivity contribution is 0.651. The predicted octanol–water partition coefficient (Wildman–Crippen LogP) is 14.2. The van der Waals surface area contributed by atoms with Crippen LogP contribution < -0.4 is 0 Å². The molecule has 0 atom stereocenters. The molecule has 0 N–H and O–H groups in total. The van der Waals surface area contributed by atoms with Crippen molar-refractivity contribution in [2.75, 3.05) is 0 Å². The van der Waals surface area contributed by atoms with Crippen molar-refractivity contribution in [2.45, 2.75) is 51.4 Å². The molecule has 0 bridgehead atoms. The van der Waals surface area contributed by atoms with Crippen LogP contribution >= 0.6 is 0 Å². The molecule has 268 valence electrons. The molecule has 56 heavy (non-hydrogen) atoms. The van der Waals surface area contributed by atoms with Crippen LogP contribution in [0.1, 0.15) is 62.8 Å². The average molecular weight is 719 g/mol. The third-order valence-corrected chi connectivity index (χ3v) is 13.1. The number of fused-ring (bicyclic) bond motifs is 8. The molecular weight excluding hydrogens is 677 g/mol. The molecular formula is C54H42N2. The third-order valence-electron chi connectivity index (χ3n) is 13.1. The first kappa shape index (κ1) is 33.0. The number of hydrogen-bond donors (Lipinski definition) is 0. The van der Waals surface area contributed by atoms with Crippen LogP contribution in [0.5, 0.6) is 0 Å². The summed E-state index contributed by atoms with van der Waals surface area (Å²) >= 11 is 0.